The van der Waals surface area contributed by atoms with Gasteiger partial charge in [-0.25, -0.2) is 0 Å². The van der Waals surface area contributed by atoms with Crippen LogP contribution in [0.25, 0.3) is 0 Å². The molecule has 0 unspecified atom stereocenters. The van der Waals surface area contributed by atoms with E-state index in [2.05, 4.69) is 198 Å². The first-order valence-electron chi connectivity index (χ1n) is 21.6. The number of hydrogen-bond acceptors (Lipinski definition) is 4. The van der Waals surface area contributed by atoms with E-state index in [1.807, 2.05) is 0 Å². The summed E-state index contributed by atoms with van der Waals surface area (Å²) in [6.45, 7) is 1.43. The van der Waals surface area contributed by atoms with E-state index in [0.29, 0.717) is 18.4 Å². The molecule has 6 aromatic rings. The third kappa shape index (κ3) is 8.15. The zero-order valence-corrected chi connectivity index (χ0v) is 33.4. The number of nitrogens with one attached hydrogen (secondary N) is 3. The predicted octanol–water partition coefficient (Wildman–Crippen LogP) is 10.2. The summed E-state index contributed by atoms with van der Waals surface area (Å²) in [6, 6.07) is 67.7. The number of nitrogens with two attached hydrogens (primary N) is 1. The third-order valence-electron chi connectivity index (χ3n) is 13.1. The van der Waals surface area contributed by atoms with E-state index in [4.69, 9.17) is 5.73 Å². The Balaban J connectivity index is 1.23. The van der Waals surface area contributed by atoms with E-state index < -0.39 is 11.1 Å². The van der Waals surface area contributed by atoms with Gasteiger partial charge in [0.05, 0.1) is 11.1 Å². The maximum Gasteiger partial charge on any atom is 0.0950 e. The Morgan fingerprint density at radius 2 is 0.667 bits per heavy atom. The minimum Gasteiger partial charge on any atom is -0.329 e. The molecule has 2 fully saturated rings. The van der Waals surface area contributed by atoms with E-state index in [9.17, 15) is 0 Å². The molecule has 4 atom stereocenters. The minimum absolute atomic E-state index is 0.277. The van der Waals surface area contributed by atoms with Crippen LogP contribution < -0.4 is 21.7 Å². The Bertz CT molecular complexity index is 1720. The Morgan fingerprint density at radius 3 is 0.930 bits per heavy atom. The Hall–Kier alpha value is -4.84. The quantitative estimate of drug-likeness (QED) is 0.0789. The van der Waals surface area contributed by atoms with Crippen molar-refractivity contribution < 1.29 is 0 Å². The van der Waals surface area contributed by atoms with E-state index >= 15 is 0 Å². The van der Waals surface area contributed by atoms with Crippen molar-refractivity contribution in [2.24, 2.45) is 17.6 Å². The molecule has 0 radical (unpaired) electrons. The van der Waals surface area contributed by atoms with E-state index in [0.717, 1.165) is 19.4 Å². The summed E-state index contributed by atoms with van der Waals surface area (Å²) in [5.41, 5.74) is 13.0. The summed E-state index contributed by atoms with van der Waals surface area (Å²) in [7, 11) is 0. The lowest BCUT2D eigenvalue weighted by atomic mass is 9.67. The van der Waals surface area contributed by atoms with Crippen LogP contribution in [0.15, 0.2) is 182 Å². The van der Waals surface area contributed by atoms with Gasteiger partial charge in [0.15, 0.2) is 0 Å². The van der Waals surface area contributed by atoms with Crippen molar-refractivity contribution in [2.75, 3.05) is 13.1 Å². The fraction of sp³-hybridized carbons (Fsp3) is 0.321. The van der Waals surface area contributed by atoms with Crippen molar-refractivity contribution in [2.45, 2.75) is 80.6 Å². The number of benzene rings is 6. The molecule has 0 amide bonds. The first-order valence-corrected chi connectivity index (χ1v) is 21.6. The molecule has 0 saturated heterocycles. The molecule has 292 valence electrons. The summed E-state index contributed by atoms with van der Waals surface area (Å²) in [5.74, 6) is 0.820. The summed E-state index contributed by atoms with van der Waals surface area (Å²) >= 11 is 0. The van der Waals surface area contributed by atoms with Crippen molar-refractivity contribution in [1.29, 1.82) is 0 Å². The van der Waals surface area contributed by atoms with E-state index in [-0.39, 0.29) is 18.1 Å². The molecule has 8 rings (SSSR count). The van der Waals surface area contributed by atoms with Gasteiger partial charge in [0.1, 0.15) is 0 Å². The molecule has 5 N–H and O–H groups in total. The van der Waals surface area contributed by atoms with Crippen LogP contribution in [-0.4, -0.2) is 31.2 Å². The lowest BCUT2D eigenvalue weighted by Crippen LogP contribution is -2.62. The van der Waals surface area contributed by atoms with Crippen LogP contribution >= 0.6 is 0 Å². The molecule has 4 nitrogen and oxygen atoms in total. The maximum absolute atomic E-state index is 6.37. The van der Waals surface area contributed by atoms with Crippen LogP contribution in [0.2, 0.25) is 0 Å². The highest BCUT2D eigenvalue weighted by molar-refractivity contribution is 5.51. The molecular weight excluding hydrogens is 693 g/mol. The summed E-state index contributed by atoms with van der Waals surface area (Å²) < 4.78 is 0. The molecule has 6 aromatic carbocycles. The van der Waals surface area contributed by atoms with Gasteiger partial charge in [-0.15, -0.1) is 0 Å². The number of rotatable bonds is 15. The molecule has 0 aliphatic heterocycles. The van der Waals surface area contributed by atoms with Gasteiger partial charge in [0.25, 0.3) is 0 Å². The van der Waals surface area contributed by atoms with Crippen LogP contribution in [-0.2, 0) is 11.1 Å². The molecule has 0 heterocycles. The van der Waals surface area contributed by atoms with Crippen molar-refractivity contribution in [3.63, 3.8) is 0 Å². The standard InChI is InChI=1S/C53H60N4/c54-39-40-55-51(47-35-19-21-37-49(47)56-52(41-23-7-1-8-24-41,42-25-9-2-10-26-42)43-27-11-3-12-28-43)48-36-20-22-38-50(48)57-53(44-29-13-4-14-30-44,45-31-15-5-16-32-45)46-33-17-6-18-34-46/h1-18,23-34,47-51,55-57H,19-22,35-40,54H2/t47-,48-,49-,50-/m1/s1. The van der Waals surface area contributed by atoms with Crippen LogP contribution in [0.3, 0.4) is 0 Å². The molecule has 0 spiro atoms. The summed E-state index contributed by atoms with van der Waals surface area (Å²) in [4.78, 5) is 0. The maximum atomic E-state index is 6.37. The van der Waals surface area contributed by atoms with Gasteiger partial charge in [-0.05, 0) is 70.9 Å². The second kappa shape index (κ2) is 18.6. The molecule has 4 heteroatoms. The monoisotopic (exact) mass is 752 g/mol. The van der Waals surface area contributed by atoms with Gasteiger partial charge in [-0.3, -0.25) is 10.6 Å². The van der Waals surface area contributed by atoms with Crippen LogP contribution in [0.4, 0.5) is 0 Å². The van der Waals surface area contributed by atoms with E-state index in [1.54, 1.807) is 0 Å². The Kier molecular flexibility index (Phi) is 12.7. The summed E-state index contributed by atoms with van der Waals surface area (Å²) in [5, 5.41) is 13.2. The van der Waals surface area contributed by atoms with Crippen molar-refractivity contribution >= 4 is 0 Å². The van der Waals surface area contributed by atoms with Gasteiger partial charge in [0, 0.05) is 31.2 Å². The Labute approximate surface area is 341 Å². The second-order valence-corrected chi connectivity index (χ2v) is 16.4. The fourth-order valence-electron chi connectivity index (χ4n) is 10.6. The fourth-order valence-corrected chi connectivity index (χ4v) is 10.6. The largest absolute Gasteiger partial charge is 0.329 e. The molecule has 0 bridgehead atoms. The molecule has 57 heavy (non-hydrogen) atoms. The SMILES string of the molecule is NCCNC([C@@H]1CCCC[C@H]1NC(c1ccccc1)(c1ccccc1)c1ccccc1)[C@@H]1CCCC[C@H]1NC(c1ccccc1)(c1ccccc1)c1ccccc1. The van der Waals surface area contributed by atoms with Crippen LogP contribution in [0.5, 0.6) is 0 Å². The summed E-state index contributed by atoms with van der Waals surface area (Å²) in [6.07, 6.45) is 9.54. The molecule has 0 aromatic heterocycles. The third-order valence-corrected chi connectivity index (χ3v) is 13.1. The van der Waals surface area contributed by atoms with Crippen molar-refractivity contribution in [3.05, 3.63) is 215 Å². The molecule has 2 aliphatic rings. The highest BCUT2D eigenvalue weighted by atomic mass is 15.1. The van der Waals surface area contributed by atoms with Crippen molar-refractivity contribution in [3.8, 4) is 0 Å². The van der Waals surface area contributed by atoms with Gasteiger partial charge >= 0.3 is 0 Å². The van der Waals surface area contributed by atoms with Crippen molar-refractivity contribution in [1.82, 2.24) is 16.0 Å². The van der Waals surface area contributed by atoms with E-state index in [1.165, 1.54) is 71.9 Å². The highest BCUT2D eigenvalue weighted by Gasteiger charge is 2.47. The van der Waals surface area contributed by atoms with Crippen LogP contribution in [0, 0.1) is 11.8 Å². The van der Waals surface area contributed by atoms with Gasteiger partial charge < -0.3 is 11.1 Å². The van der Waals surface area contributed by atoms with Crippen LogP contribution in [0.1, 0.15) is 84.7 Å². The molecule has 2 aliphatic carbocycles. The average Bonchev–Trinajstić information content (AvgIpc) is 3.30. The lowest BCUT2D eigenvalue weighted by molar-refractivity contribution is 0.0997. The van der Waals surface area contributed by atoms with Gasteiger partial charge in [-0.2, -0.15) is 0 Å². The zero-order valence-electron chi connectivity index (χ0n) is 33.4. The average molecular weight is 753 g/mol. The minimum atomic E-state index is -0.518. The zero-order chi connectivity index (χ0) is 38.8. The molecular formula is C53H60N4. The normalized spacial score (nSPS) is 20.3. The number of hydrogen-bond donors (Lipinski definition) is 4. The highest BCUT2D eigenvalue weighted by Crippen LogP contribution is 2.44. The topological polar surface area (TPSA) is 62.1 Å². The smallest absolute Gasteiger partial charge is 0.0950 e. The van der Waals surface area contributed by atoms with Gasteiger partial charge in [-0.1, -0.05) is 208 Å². The second-order valence-electron chi connectivity index (χ2n) is 16.4. The molecule has 2 saturated carbocycles. The first-order chi connectivity index (χ1) is 28.2. The first kappa shape index (κ1) is 39.0. The van der Waals surface area contributed by atoms with Gasteiger partial charge in [0.2, 0.25) is 0 Å². The predicted molar refractivity (Wildman–Crippen MR) is 237 cm³/mol. The Morgan fingerprint density at radius 1 is 0.404 bits per heavy atom. The lowest BCUT2D eigenvalue weighted by Gasteiger charge is -2.50.